The third kappa shape index (κ3) is 7.94. The van der Waals surface area contributed by atoms with Gasteiger partial charge in [0.25, 0.3) is 0 Å². The number of ether oxygens (including phenoxy) is 2. The predicted molar refractivity (Wildman–Crippen MR) is 80.1 cm³/mol. The fourth-order valence-corrected chi connectivity index (χ4v) is 1.63. The smallest absolute Gasteiger partial charge is 0.408 e. The summed E-state index contributed by atoms with van der Waals surface area (Å²) in [7, 11) is 0. The van der Waals surface area contributed by atoms with E-state index in [-0.39, 0.29) is 6.61 Å². The van der Waals surface area contributed by atoms with Gasteiger partial charge in [-0.25, -0.2) is 9.59 Å². The van der Waals surface area contributed by atoms with Crippen LogP contribution in [0.3, 0.4) is 0 Å². The van der Waals surface area contributed by atoms with Gasteiger partial charge < -0.3 is 14.8 Å². The normalized spacial score (nSPS) is 12.2. The van der Waals surface area contributed by atoms with Crippen LogP contribution < -0.4 is 5.32 Å². The Kier molecular flexibility index (Phi) is 6.68. The number of rotatable bonds is 6. The van der Waals surface area contributed by atoms with Crippen molar-refractivity contribution >= 4 is 18.1 Å². The second kappa shape index (κ2) is 8.26. The highest BCUT2D eigenvalue weighted by Crippen LogP contribution is 2.09. The Labute approximate surface area is 134 Å². The van der Waals surface area contributed by atoms with E-state index < -0.39 is 36.2 Å². The zero-order valence-electron chi connectivity index (χ0n) is 13.3. The summed E-state index contributed by atoms with van der Waals surface area (Å²) < 4.78 is 22.6. The van der Waals surface area contributed by atoms with E-state index in [1.165, 1.54) is 0 Å². The molecule has 0 bridgehead atoms. The second-order valence-electron chi connectivity index (χ2n) is 5.85. The molecule has 1 N–H and O–H groups in total. The number of alkyl carbamates (subject to hydrolysis) is 1. The van der Waals surface area contributed by atoms with Crippen LogP contribution in [0.15, 0.2) is 30.3 Å². The van der Waals surface area contributed by atoms with Crippen LogP contribution in [-0.2, 0) is 25.7 Å². The molecule has 0 saturated heterocycles. The monoisotopic (exact) mass is 325 g/mol. The summed E-state index contributed by atoms with van der Waals surface area (Å²) >= 11 is 0. The topological polar surface area (TPSA) is 81.7 Å². The number of carbonyl (C=O) groups excluding carboxylic acids is 3. The van der Waals surface area contributed by atoms with Crippen molar-refractivity contribution in [3.05, 3.63) is 35.9 Å². The van der Waals surface area contributed by atoms with Gasteiger partial charge in [0.1, 0.15) is 18.2 Å². The van der Waals surface area contributed by atoms with E-state index in [1.54, 1.807) is 51.1 Å². The highest BCUT2D eigenvalue weighted by atomic mass is 19.1. The molecule has 1 aromatic carbocycles. The van der Waals surface area contributed by atoms with Crippen molar-refractivity contribution in [2.45, 2.75) is 45.4 Å². The zero-order chi connectivity index (χ0) is 17.5. The maximum atomic E-state index is 12.6. The molecule has 0 radical (unpaired) electrons. The number of amides is 1. The summed E-state index contributed by atoms with van der Waals surface area (Å²) in [4.78, 5) is 34.2. The Morgan fingerprint density at radius 2 is 1.78 bits per heavy atom. The third-order valence-electron chi connectivity index (χ3n) is 2.56. The Morgan fingerprint density at radius 1 is 1.17 bits per heavy atom. The Morgan fingerprint density at radius 3 is 2.30 bits per heavy atom. The molecule has 6 nitrogen and oxygen atoms in total. The van der Waals surface area contributed by atoms with Gasteiger partial charge in [0.05, 0.1) is 6.42 Å². The molecule has 0 aliphatic heterocycles. The molecular weight excluding hydrogens is 305 g/mol. The van der Waals surface area contributed by atoms with Gasteiger partial charge in [-0.2, -0.15) is 4.39 Å². The second-order valence-corrected chi connectivity index (χ2v) is 5.85. The molecule has 1 rings (SSSR count). The first-order valence-electron chi connectivity index (χ1n) is 7.06. The lowest BCUT2D eigenvalue weighted by molar-refractivity contribution is -0.149. The molecule has 0 heterocycles. The van der Waals surface area contributed by atoms with Crippen molar-refractivity contribution in [1.29, 1.82) is 0 Å². The summed E-state index contributed by atoms with van der Waals surface area (Å²) in [6.45, 7) is 4.85. The minimum atomic E-state index is -1.73. The molecule has 0 aromatic heterocycles. The van der Waals surface area contributed by atoms with E-state index >= 15 is 0 Å². The molecule has 0 spiro atoms. The van der Waals surface area contributed by atoms with Crippen molar-refractivity contribution < 1.29 is 28.2 Å². The molecule has 1 aromatic rings. The van der Waals surface area contributed by atoms with Gasteiger partial charge in [0.2, 0.25) is 0 Å². The van der Waals surface area contributed by atoms with Crippen LogP contribution in [-0.4, -0.2) is 29.7 Å². The third-order valence-corrected chi connectivity index (χ3v) is 2.56. The number of carbonyl (C=O) groups is 3. The molecular formula is C16H20FNO5. The molecule has 126 valence electrons. The standard InChI is InChI=1S/C16H20FNO5/c1-16(2,3)23-15(21)18-12(9-13(17)19)14(20)22-10-11-7-5-4-6-8-11/h4-8,12H,9-10H2,1-3H3,(H,18,21)/t12-/m0/s1. The van der Waals surface area contributed by atoms with Crippen molar-refractivity contribution in [3.8, 4) is 0 Å². The van der Waals surface area contributed by atoms with Gasteiger partial charge in [-0.05, 0) is 26.3 Å². The zero-order valence-corrected chi connectivity index (χ0v) is 13.3. The van der Waals surface area contributed by atoms with E-state index in [0.29, 0.717) is 0 Å². The molecule has 1 amide bonds. The lowest BCUT2D eigenvalue weighted by Gasteiger charge is -2.22. The quantitative estimate of drug-likeness (QED) is 0.642. The number of hydrogen-bond donors (Lipinski definition) is 1. The Bertz CT molecular complexity index is 553. The van der Waals surface area contributed by atoms with Crippen LogP contribution in [0.4, 0.5) is 9.18 Å². The van der Waals surface area contributed by atoms with Gasteiger partial charge in [0.15, 0.2) is 0 Å². The average Bonchev–Trinajstić information content (AvgIpc) is 2.42. The lowest BCUT2D eigenvalue weighted by atomic mass is 10.2. The van der Waals surface area contributed by atoms with Crippen molar-refractivity contribution in [2.75, 3.05) is 0 Å². The summed E-state index contributed by atoms with van der Waals surface area (Å²) in [5.74, 6) is -0.911. The van der Waals surface area contributed by atoms with Crippen LogP contribution >= 0.6 is 0 Å². The van der Waals surface area contributed by atoms with Crippen LogP contribution in [0.1, 0.15) is 32.8 Å². The maximum absolute atomic E-state index is 12.6. The summed E-state index contributed by atoms with van der Waals surface area (Å²) in [5.41, 5.74) is -0.0640. The van der Waals surface area contributed by atoms with E-state index in [4.69, 9.17) is 9.47 Å². The number of esters is 1. The van der Waals surface area contributed by atoms with Crippen LogP contribution in [0.5, 0.6) is 0 Å². The molecule has 7 heteroatoms. The Balaban J connectivity index is 2.63. The lowest BCUT2D eigenvalue weighted by Crippen LogP contribution is -2.45. The van der Waals surface area contributed by atoms with Crippen LogP contribution in [0.25, 0.3) is 0 Å². The van der Waals surface area contributed by atoms with Crippen molar-refractivity contribution in [3.63, 3.8) is 0 Å². The summed E-state index contributed by atoms with van der Waals surface area (Å²) in [6.07, 6.45) is -1.74. The van der Waals surface area contributed by atoms with E-state index in [2.05, 4.69) is 5.32 Å². The van der Waals surface area contributed by atoms with Gasteiger partial charge >= 0.3 is 18.1 Å². The highest BCUT2D eigenvalue weighted by molar-refractivity contribution is 5.86. The average molecular weight is 325 g/mol. The Hall–Kier alpha value is -2.44. The molecule has 0 saturated carbocycles. The number of benzene rings is 1. The van der Waals surface area contributed by atoms with Crippen molar-refractivity contribution in [2.24, 2.45) is 0 Å². The number of halogens is 1. The van der Waals surface area contributed by atoms with Crippen LogP contribution in [0, 0.1) is 0 Å². The highest BCUT2D eigenvalue weighted by Gasteiger charge is 2.27. The fraction of sp³-hybridized carbons (Fsp3) is 0.438. The number of hydrogen-bond acceptors (Lipinski definition) is 5. The first-order chi connectivity index (χ1) is 10.7. The maximum Gasteiger partial charge on any atom is 0.408 e. The SMILES string of the molecule is CC(C)(C)OC(=O)N[C@@H](CC(=O)F)C(=O)OCc1ccccc1. The molecule has 0 unspecified atom stereocenters. The fourth-order valence-electron chi connectivity index (χ4n) is 1.63. The van der Waals surface area contributed by atoms with E-state index in [9.17, 15) is 18.8 Å². The minimum absolute atomic E-state index is 0.0490. The molecule has 0 aliphatic carbocycles. The van der Waals surface area contributed by atoms with Crippen LogP contribution in [0.2, 0.25) is 0 Å². The van der Waals surface area contributed by atoms with Crippen molar-refractivity contribution in [1.82, 2.24) is 5.32 Å². The largest absolute Gasteiger partial charge is 0.459 e. The number of nitrogens with one attached hydrogen (secondary N) is 1. The molecule has 23 heavy (non-hydrogen) atoms. The van der Waals surface area contributed by atoms with Gasteiger partial charge in [0, 0.05) is 0 Å². The van der Waals surface area contributed by atoms with Gasteiger partial charge in [-0.3, -0.25) is 4.79 Å². The van der Waals surface area contributed by atoms with E-state index in [0.717, 1.165) is 5.56 Å². The minimum Gasteiger partial charge on any atom is -0.459 e. The summed E-state index contributed by atoms with van der Waals surface area (Å²) in [5, 5.41) is 2.14. The molecule has 0 fully saturated rings. The van der Waals surface area contributed by atoms with Gasteiger partial charge in [-0.15, -0.1) is 0 Å². The van der Waals surface area contributed by atoms with Gasteiger partial charge in [-0.1, -0.05) is 30.3 Å². The molecule has 0 aliphatic rings. The summed E-state index contributed by atoms with van der Waals surface area (Å²) in [6, 6.07) is 5.65. The first-order valence-corrected chi connectivity index (χ1v) is 7.06. The predicted octanol–water partition coefficient (Wildman–Crippen LogP) is 2.51. The first kappa shape index (κ1) is 18.6. The molecule has 1 atom stereocenters. The van der Waals surface area contributed by atoms with E-state index in [1.807, 2.05) is 0 Å².